The van der Waals surface area contributed by atoms with Crippen molar-refractivity contribution in [1.82, 2.24) is 19.8 Å². The van der Waals surface area contributed by atoms with Crippen molar-refractivity contribution < 1.29 is 22.8 Å². The second kappa shape index (κ2) is 9.76. The van der Waals surface area contributed by atoms with Crippen molar-refractivity contribution in [3.63, 3.8) is 0 Å². The number of hydrogen-bond donors (Lipinski definition) is 1. The van der Waals surface area contributed by atoms with E-state index in [4.69, 9.17) is 0 Å². The minimum Gasteiger partial charge on any atom is -0.350 e. The Hall–Kier alpha value is -3.17. The van der Waals surface area contributed by atoms with E-state index in [9.17, 15) is 27.6 Å². The van der Waals surface area contributed by atoms with E-state index in [0.717, 1.165) is 18.9 Å². The maximum absolute atomic E-state index is 13.7. The number of nitrogens with one attached hydrogen (secondary N) is 1. The maximum atomic E-state index is 13.7. The molecule has 0 bridgehead atoms. The Morgan fingerprint density at radius 3 is 2.30 bits per heavy atom. The van der Waals surface area contributed by atoms with Gasteiger partial charge >= 0.3 is 6.18 Å². The van der Waals surface area contributed by atoms with Crippen molar-refractivity contribution in [2.24, 2.45) is 5.92 Å². The number of amides is 2. The molecule has 33 heavy (non-hydrogen) atoms. The smallest absolute Gasteiger partial charge is 0.350 e. The molecular weight excluding hydrogens is 437 g/mol. The van der Waals surface area contributed by atoms with Gasteiger partial charge in [0, 0.05) is 37.7 Å². The number of aromatic nitrogens is 2. The molecule has 2 aromatic heterocycles. The molecule has 3 heterocycles. The van der Waals surface area contributed by atoms with Gasteiger partial charge < -0.3 is 14.8 Å². The number of carbonyl (C=O) groups excluding carboxylic acids is 2. The lowest BCUT2D eigenvalue weighted by Gasteiger charge is -2.30. The molecule has 10 heteroatoms. The monoisotopic (exact) mass is 464 g/mol. The van der Waals surface area contributed by atoms with Crippen LogP contribution in [0.5, 0.6) is 0 Å². The predicted octanol–water partition coefficient (Wildman–Crippen LogP) is 3.73. The molecule has 3 rings (SSSR count). The molecule has 1 atom stereocenters. The average Bonchev–Trinajstić information content (AvgIpc) is 2.77. The van der Waals surface area contributed by atoms with Gasteiger partial charge in [-0.3, -0.25) is 19.4 Å². The Bertz CT molecular complexity index is 1060. The van der Waals surface area contributed by atoms with Gasteiger partial charge in [-0.25, -0.2) is 0 Å². The van der Waals surface area contributed by atoms with Crippen LogP contribution in [0, 0.1) is 5.92 Å². The summed E-state index contributed by atoms with van der Waals surface area (Å²) >= 11 is 0. The predicted molar refractivity (Wildman–Crippen MR) is 116 cm³/mol. The summed E-state index contributed by atoms with van der Waals surface area (Å²) in [6, 6.07) is 1.33. The lowest BCUT2D eigenvalue weighted by molar-refractivity contribution is -0.156. The summed E-state index contributed by atoms with van der Waals surface area (Å²) in [4.78, 5) is 44.3. The molecule has 2 aromatic rings. The van der Waals surface area contributed by atoms with Crippen LogP contribution in [0.2, 0.25) is 0 Å². The van der Waals surface area contributed by atoms with Crippen molar-refractivity contribution in [3.8, 4) is 0 Å². The van der Waals surface area contributed by atoms with Crippen LogP contribution in [0.3, 0.4) is 0 Å². The van der Waals surface area contributed by atoms with Crippen LogP contribution in [0.1, 0.15) is 72.1 Å². The van der Waals surface area contributed by atoms with E-state index in [-0.39, 0.29) is 11.6 Å². The fraction of sp³-hybridized carbons (Fsp3) is 0.478. The number of nitrogens with zero attached hydrogens (tertiary/aromatic N) is 3. The summed E-state index contributed by atoms with van der Waals surface area (Å²) < 4.78 is 42.5. The number of hydrogen-bond acceptors (Lipinski definition) is 4. The Morgan fingerprint density at radius 2 is 1.76 bits per heavy atom. The van der Waals surface area contributed by atoms with Crippen molar-refractivity contribution in [2.45, 2.75) is 51.9 Å². The average molecular weight is 464 g/mol. The summed E-state index contributed by atoms with van der Waals surface area (Å²) in [6.07, 6.45) is 0.486. The Balaban J connectivity index is 1.98. The fourth-order valence-electron chi connectivity index (χ4n) is 3.67. The van der Waals surface area contributed by atoms with Crippen LogP contribution in [0.15, 0.2) is 41.6 Å². The first-order valence-corrected chi connectivity index (χ1v) is 10.8. The molecular formula is C23H27F3N4O3. The Morgan fingerprint density at radius 1 is 1.12 bits per heavy atom. The number of likely N-dealkylation sites (tertiary alicyclic amines) is 1. The van der Waals surface area contributed by atoms with E-state index in [0.29, 0.717) is 19.0 Å². The summed E-state index contributed by atoms with van der Waals surface area (Å²) in [5.41, 5.74) is -2.05. The van der Waals surface area contributed by atoms with Gasteiger partial charge in [0.25, 0.3) is 11.8 Å². The van der Waals surface area contributed by atoms with Gasteiger partial charge in [0.2, 0.25) is 5.43 Å². The van der Waals surface area contributed by atoms with Gasteiger partial charge in [-0.05, 0) is 44.7 Å². The number of carbonyl (C=O) groups is 2. The van der Waals surface area contributed by atoms with Crippen LogP contribution in [-0.4, -0.2) is 45.5 Å². The molecule has 1 saturated heterocycles. The third-order valence-corrected chi connectivity index (χ3v) is 5.77. The summed E-state index contributed by atoms with van der Waals surface area (Å²) in [5, 5.41) is 1.88. The van der Waals surface area contributed by atoms with Crippen LogP contribution >= 0.6 is 0 Å². The first-order valence-electron chi connectivity index (χ1n) is 10.8. The van der Waals surface area contributed by atoms with Gasteiger partial charge in [0.05, 0.1) is 5.69 Å². The molecule has 0 radical (unpaired) electrons. The fourth-order valence-corrected chi connectivity index (χ4v) is 3.67. The molecule has 2 amide bonds. The molecule has 0 aliphatic carbocycles. The van der Waals surface area contributed by atoms with Gasteiger partial charge in [-0.2, -0.15) is 13.2 Å². The molecule has 0 spiro atoms. The Labute approximate surface area is 189 Å². The van der Waals surface area contributed by atoms with E-state index < -0.39 is 40.7 Å². The highest BCUT2D eigenvalue weighted by Gasteiger charge is 2.43. The highest BCUT2D eigenvalue weighted by Crippen LogP contribution is 2.31. The van der Waals surface area contributed by atoms with Gasteiger partial charge in [0.1, 0.15) is 11.1 Å². The number of pyridine rings is 2. The number of piperidine rings is 1. The van der Waals surface area contributed by atoms with Crippen molar-refractivity contribution >= 4 is 11.8 Å². The van der Waals surface area contributed by atoms with E-state index in [2.05, 4.69) is 11.9 Å². The molecule has 1 aliphatic rings. The van der Waals surface area contributed by atoms with E-state index >= 15 is 0 Å². The molecule has 178 valence electrons. The molecule has 0 aromatic carbocycles. The summed E-state index contributed by atoms with van der Waals surface area (Å²) in [5.74, 6) is -1.28. The largest absolute Gasteiger partial charge is 0.414 e. The zero-order valence-corrected chi connectivity index (χ0v) is 18.7. The molecule has 1 aliphatic heterocycles. The van der Waals surface area contributed by atoms with Gasteiger partial charge in [0.15, 0.2) is 6.04 Å². The van der Waals surface area contributed by atoms with Crippen molar-refractivity contribution in [3.05, 3.63) is 63.8 Å². The lowest BCUT2D eigenvalue weighted by atomic mass is 9.98. The zero-order chi connectivity index (χ0) is 24.3. The highest BCUT2D eigenvalue weighted by molar-refractivity contribution is 5.99. The third kappa shape index (κ3) is 5.61. The van der Waals surface area contributed by atoms with E-state index in [1.807, 2.05) is 5.32 Å². The summed E-state index contributed by atoms with van der Waals surface area (Å²) in [7, 11) is 0. The van der Waals surface area contributed by atoms with E-state index in [1.165, 1.54) is 35.3 Å². The van der Waals surface area contributed by atoms with Crippen LogP contribution < -0.4 is 10.7 Å². The molecule has 0 saturated carbocycles. The maximum Gasteiger partial charge on any atom is 0.414 e. The second-order valence-electron chi connectivity index (χ2n) is 8.63. The molecule has 1 unspecified atom stereocenters. The summed E-state index contributed by atoms with van der Waals surface area (Å²) in [6.45, 7) is 6.59. The van der Waals surface area contributed by atoms with Crippen LogP contribution in [-0.2, 0) is 0 Å². The number of halogens is 3. The van der Waals surface area contributed by atoms with Crippen LogP contribution in [0.25, 0.3) is 0 Å². The first-order chi connectivity index (χ1) is 15.5. The standard InChI is InChI=1S/C23H27F3N4O3/c1-14(2)30-12-16(19(31)17(13-30)22(33)29-10-7-15(3)8-11-29)21(32)28-20(23(24,25)26)18-6-4-5-9-27-18/h4-6,9,12-15,20H,7-8,10-11H2,1-3H3,(H,28,32). The van der Waals surface area contributed by atoms with Gasteiger partial charge in [-0.1, -0.05) is 13.0 Å². The number of alkyl halides is 3. The van der Waals surface area contributed by atoms with Crippen molar-refractivity contribution in [1.29, 1.82) is 0 Å². The van der Waals surface area contributed by atoms with Crippen molar-refractivity contribution in [2.75, 3.05) is 13.1 Å². The zero-order valence-electron chi connectivity index (χ0n) is 18.7. The highest BCUT2D eigenvalue weighted by atomic mass is 19.4. The normalized spacial score (nSPS) is 16.0. The van der Waals surface area contributed by atoms with E-state index in [1.54, 1.807) is 18.7 Å². The molecule has 1 N–H and O–H groups in total. The topological polar surface area (TPSA) is 84.3 Å². The number of rotatable bonds is 5. The molecule has 1 fully saturated rings. The minimum absolute atomic E-state index is 0.229. The lowest BCUT2D eigenvalue weighted by Crippen LogP contribution is -2.43. The SMILES string of the molecule is CC1CCN(C(=O)c2cn(C(C)C)cc(C(=O)NC(c3ccccn3)C(F)(F)F)c2=O)CC1. The van der Waals surface area contributed by atoms with Gasteiger partial charge in [-0.15, -0.1) is 0 Å². The quantitative estimate of drug-likeness (QED) is 0.731. The third-order valence-electron chi connectivity index (χ3n) is 5.77. The second-order valence-corrected chi connectivity index (χ2v) is 8.63. The molecule has 7 nitrogen and oxygen atoms in total. The Kier molecular flexibility index (Phi) is 7.24. The van der Waals surface area contributed by atoms with Crippen LogP contribution in [0.4, 0.5) is 13.2 Å². The minimum atomic E-state index is -4.83. The first kappa shape index (κ1) is 24.5.